The third-order valence-corrected chi connectivity index (χ3v) is 6.09. The van der Waals surface area contributed by atoms with E-state index in [1.54, 1.807) is 31.4 Å². The fourth-order valence-corrected chi connectivity index (χ4v) is 4.44. The van der Waals surface area contributed by atoms with Gasteiger partial charge < -0.3 is 14.0 Å². The van der Waals surface area contributed by atoms with Crippen LogP contribution in [-0.2, 0) is 18.7 Å². The number of ether oxygens (including phenoxy) is 2. The number of hydrogen-bond donors (Lipinski definition) is 0. The summed E-state index contributed by atoms with van der Waals surface area (Å²) in [4.78, 5) is 0. The van der Waals surface area contributed by atoms with Crippen molar-refractivity contribution in [1.82, 2.24) is 14.8 Å². The largest absolute Gasteiger partial charge is 0.496 e. The number of nitrogens with zero attached hydrogens (tertiary/aromatic N) is 3. The van der Waals surface area contributed by atoms with Crippen LogP contribution in [0.4, 0.5) is 8.78 Å². The molecular formula is C25H23F2N3O2S. The van der Waals surface area contributed by atoms with Crippen molar-refractivity contribution in [2.75, 3.05) is 7.11 Å². The summed E-state index contributed by atoms with van der Waals surface area (Å²) in [5, 5.41) is 9.56. The Balaban J connectivity index is 1.63. The van der Waals surface area contributed by atoms with Crippen LogP contribution in [0.2, 0.25) is 0 Å². The molecule has 0 amide bonds. The van der Waals surface area contributed by atoms with Gasteiger partial charge in [0.2, 0.25) is 0 Å². The zero-order chi connectivity index (χ0) is 23.0. The van der Waals surface area contributed by atoms with Gasteiger partial charge in [-0.25, -0.2) is 0 Å². The van der Waals surface area contributed by atoms with E-state index in [1.165, 1.54) is 17.3 Å². The summed E-state index contributed by atoms with van der Waals surface area (Å²) in [6, 6.07) is 24.6. The fourth-order valence-electron chi connectivity index (χ4n) is 3.49. The van der Waals surface area contributed by atoms with E-state index in [0.29, 0.717) is 34.6 Å². The Morgan fingerprint density at radius 2 is 1.58 bits per heavy atom. The van der Waals surface area contributed by atoms with Gasteiger partial charge in [-0.3, -0.25) is 0 Å². The summed E-state index contributed by atoms with van der Waals surface area (Å²) < 4.78 is 37.8. The number of aryl methyl sites for hydroxylation is 1. The van der Waals surface area contributed by atoms with Crippen LogP contribution < -0.4 is 9.47 Å². The Kier molecular flexibility index (Phi) is 7.57. The van der Waals surface area contributed by atoms with Gasteiger partial charge in [-0.05, 0) is 30.2 Å². The predicted molar refractivity (Wildman–Crippen MR) is 125 cm³/mol. The molecule has 0 saturated carbocycles. The van der Waals surface area contributed by atoms with Crippen LogP contribution in [0.15, 0.2) is 84.0 Å². The van der Waals surface area contributed by atoms with E-state index in [-0.39, 0.29) is 5.75 Å². The zero-order valence-electron chi connectivity index (χ0n) is 18.0. The predicted octanol–water partition coefficient (Wildman–Crippen LogP) is 6.09. The molecule has 33 heavy (non-hydrogen) atoms. The van der Waals surface area contributed by atoms with Crippen LogP contribution in [0.5, 0.6) is 11.5 Å². The van der Waals surface area contributed by atoms with Gasteiger partial charge in [0.15, 0.2) is 11.0 Å². The molecule has 170 valence electrons. The maximum absolute atomic E-state index is 12.8. The van der Waals surface area contributed by atoms with Crippen molar-refractivity contribution in [3.8, 4) is 22.9 Å². The minimum atomic E-state index is -2.87. The highest BCUT2D eigenvalue weighted by Crippen LogP contribution is 2.33. The smallest absolute Gasteiger partial charge is 0.387 e. The van der Waals surface area contributed by atoms with Crippen molar-refractivity contribution in [3.63, 3.8) is 0 Å². The summed E-state index contributed by atoms with van der Waals surface area (Å²) in [5.74, 6) is 1.99. The van der Waals surface area contributed by atoms with Crippen molar-refractivity contribution < 1.29 is 18.3 Å². The summed E-state index contributed by atoms with van der Waals surface area (Å²) in [7, 11) is 1.62. The van der Waals surface area contributed by atoms with Crippen molar-refractivity contribution >= 4 is 11.8 Å². The number of halogens is 2. The second-order valence-electron chi connectivity index (χ2n) is 7.17. The molecule has 4 rings (SSSR count). The van der Waals surface area contributed by atoms with Crippen molar-refractivity contribution in [3.05, 3.63) is 90.0 Å². The van der Waals surface area contributed by atoms with E-state index < -0.39 is 6.61 Å². The number of alkyl halides is 2. The molecule has 0 N–H and O–H groups in total. The summed E-state index contributed by atoms with van der Waals surface area (Å²) in [6.07, 6.45) is 0.791. The Labute approximate surface area is 195 Å². The maximum Gasteiger partial charge on any atom is 0.387 e. The lowest BCUT2D eigenvalue weighted by molar-refractivity contribution is -0.0503. The van der Waals surface area contributed by atoms with E-state index in [9.17, 15) is 8.78 Å². The first-order valence-corrected chi connectivity index (χ1v) is 11.4. The number of para-hydroxylation sites is 2. The second kappa shape index (κ2) is 11.0. The fraction of sp³-hybridized carbons (Fsp3) is 0.200. The van der Waals surface area contributed by atoms with Crippen LogP contribution >= 0.6 is 11.8 Å². The molecular weight excluding hydrogens is 444 g/mol. The van der Waals surface area contributed by atoms with Gasteiger partial charge >= 0.3 is 6.61 Å². The van der Waals surface area contributed by atoms with E-state index >= 15 is 0 Å². The van der Waals surface area contributed by atoms with Crippen LogP contribution in [0.3, 0.4) is 0 Å². The third-order valence-electron chi connectivity index (χ3n) is 5.08. The third kappa shape index (κ3) is 5.70. The molecule has 0 aliphatic carbocycles. The van der Waals surface area contributed by atoms with Gasteiger partial charge in [0.25, 0.3) is 0 Å². The zero-order valence-corrected chi connectivity index (χ0v) is 18.8. The topological polar surface area (TPSA) is 49.2 Å². The van der Waals surface area contributed by atoms with Gasteiger partial charge in [-0.15, -0.1) is 10.2 Å². The number of thioether (sulfide) groups is 1. The molecule has 0 radical (unpaired) electrons. The van der Waals surface area contributed by atoms with E-state index in [0.717, 1.165) is 12.0 Å². The molecule has 1 heterocycles. The Hall–Kier alpha value is -3.39. The molecule has 1 aromatic heterocycles. The minimum absolute atomic E-state index is 0.167. The molecule has 8 heteroatoms. The molecule has 0 bridgehead atoms. The van der Waals surface area contributed by atoms with Crippen LogP contribution in [0.1, 0.15) is 11.1 Å². The standard InChI is InChI=1S/C25H23F2N3O2S/c1-31-22-14-8-6-12-20(22)23-28-29-25(30(23)16-15-18-9-3-2-4-10-18)33-17-19-11-5-7-13-21(19)32-24(26)27/h2-14,24H,15-17H2,1H3. The van der Waals surface area contributed by atoms with Gasteiger partial charge in [0.05, 0.1) is 12.7 Å². The first-order valence-electron chi connectivity index (χ1n) is 10.4. The van der Waals surface area contributed by atoms with Gasteiger partial charge in [0.1, 0.15) is 11.5 Å². The van der Waals surface area contributed by atoms with Crippen LogP contribution in [0, 0.1) is 0 Å². The van der Waals surface area contributed by atoms with Gasteiger partial charge in [-0.2, -0.15) is 8.78 Å². The number of rotatable bonds is 10. The summed E-state index contributed by atoms with van der Waals surface area (Å²) in [6.45, 7) is -2.22. The van der Waals surface area contributed by atoms with Crippen LogP contribution in [0.25, 0.3) is 11.4 Å². The highest BCUT2D eigenvalue weighted by Gasteiger charge is 2.18. The normalized spacial score (nSPS) is 11.0. The average molecular weight is 468 g/mol. The van der Waals surface area contributed by atoms with E-state index in [1.807, 2.05) is 47.0 Å². The second-order valence-corrected chi connectivity index (χ2v) is 8.11. The first kappa shape index (κ1) is 22.8. The van der Waals surface area contributed by atoms with Crippen molar-refractivity contribution in [1.29, 1.82) is 0 Å². The highest BCUT2D eigenvalue weighted by atomic mass is 32.2. The first-order chi connectivity index (χ1) is 16.2. The average Bonchev–Trinajstić information content (AvgIpc) is 3.25. The molecule has 0 unspecified atom stereocenters. The molecule has 0 atom stereocenters. The quantitative estimate of drug-likeness (QED) is 0.264. The number of hydrogen-bond acceptors (Lipinski definition) is 5. The molecule has 0 fully saturated rings. The minimum Gasteiger partial charge on any atom is -0.496 e. The van der Waals surface area contributed by atoms with Gasteiger partial charge in [-0.1, -0.05) is 72.4 Å². The lowest BCUT2D eigenvalue weighted by Gasteiger charge is -2.13. The number of benzene rings is 3. The van der Waals surface area contributed by atoms with Crippen molar-refractivity contribution in [2.24, 2.45) is 0 Å². The van der Waals surface area contributed by atoms with E-state index in [4.69, 9.17) is 4.74 Å². The Morgan fingerprint density at radius 1 is 0.879 bits per heavy atom. The Bertz CT molecular complexity index is 1190. The maximum atomic E-state index is 12.8. The van der Waals surface area contributed by atoms with Crippen molar-refractivity contribution in [2.45, 2.75) is 30.5 Å². The molecule has 4 aromatic rings. The molecule has 0 spiro atoms. The number of methoxy groups -OCH3 is 1. The summed E-state index contributed by atoms with van der Waals surface area (Å²) >= 11 is 1.43. The SMILES string of the molecule is COc1ccccc1-c1nnc(SCc2ccccc2OC(F)F)n1CCc1ccccc1. The molecule has 5 nitrogen and oxygen atoms in total. The monoisotopic (exact) mass is 467 g/mol. The molecule has 0 saturated heterocycles. The highest BCUT2D eigenvalue weighted by molar-refractivity contribution is 7.98. The molecule has 0 aliphatic rings. The molecule has 0 aliphatic heterocycles. The molecule has 3 aromatic carbocycles. The van der Waals surface area contributed by atoms with Crippen LogP contribution in [-0.4, -0.2) is 28.5 Å². The lowest BCUT2D eigenvalue weighted by atomic mass is 10.1. The van der Waals surface area contributed by atoms with E-state index in [2.05, 4.69) is 27.1 Å². The summed E-state index contributed by atoms with van der Waals surface area (Å²) in [5.41, 5.74) is 2.71. The van der Waals surface area contributed by atoms with Gasteiger partial charge in [0, 0.05) is 17.9 Å². The lowest BCUT2D eigenvalue weighted by Crippen LogP contribution is -2.06. The Morgan fingerprint density at radius 3 is 2.33 bits per heavy atom. The number of aromatic nitrogens is 3.